The number of rotatable bonds is 5. The zero-order chi connectivity index (χ0) is 18.5. The Bertz CT molecular complexity index is 892. The Morgan fingerprint density at radius 2 is 1.88 bits per heavy atom. The first kappa shape index (κ1) is 18.6. The Hall–Kier alpha value is -2.15. The van der Waals surface area contributed by atoms with Crippen LogP contribution in [0.25, 0.3) is 0 Å². The van der Waals surface area contributed by atoms with Gasteiger partial charge in [-0.15, -0.1) is 0 Å². The molecule has 4 nitrogen and oxygen atoms in total. The summed E-state index contributed by atoms with van der Waals surface area (Å²) in [4.78, 5) is 0. The van der Waals surface area contributed by atoms with Crippen LogP contribution in [-0.4, -0.2) is 14.9 Å². The van der Waals surface area contributed by atoms with Gasteiger partial charge in [0, 0.05) is 34.4 Å². The van der Waals surface area contributed by atoms with E-state index in [0.29, 0.717) is 33.1 Å². The van der Waals surface area contributed by atoms with E-state index < -0.39 is 0 Å². The lowest BCUT2D eigenvalue weighted by Crippen LogP contribution is -2.28. The van der Waals surface area contributed by atoms with Gasteiger partial charge in [-0.1, -0.05) is 41.4 Å². The number of aromatic nitrogens is 2. The SMILES string of the molecule is Fc1cccc(Cl)c1Cn1ccc(NC(=S)NCc2ccc(Cl)cc2)n1. The molecule has 0 atom stereocenters. The number of nitrogens with one attached hydrogen (secondary N) is 2. The molecular weight excluding hydrogens is 394 g/mol. The van der Waals surface area contributed by atoms with Crippen molar-refractivity contribution in [1.82, 2.24) is 15.1 Å². The Labute approximate surface area is 165 Å². The molecule has 0 fully saturated rings. The first-order valence-corrected chi connectivity index (χ1v) is 8.93. The van der Waals surface area contributed by atoms with E-state index in [1.807, 2.05) is 24.3 Å². The second-order valence-electron chi connectivity index (χ2n) is 5.53. The fourth-order valence-corrected chi connectivity index (χ4v) is 2.83. The molecule has 1 aromatic heterocycles. The molecule has 0 amide bonds. The van der Waals surface area contributed by atoms with Gasteiger partial charge < -0.3 is 10.6 Å². The Morgan fingerprint density at radius 1 is 1.12 bits per heavy atom. The number of thiocarbonyl (C=S) groups is 1. The zero-order valence-corrected chi connectivity index (χ0v) is 15.9. The van der Waals surface area contributed by atoms with Gasteiger partial charge >= 0.3 is 0 Å². The fourth-order valence-electron chi connectivity index (χ4n) is 2.31. The number of benzene rings is 2. The van der Waals surface area contributed by atoms with Crippen molar-refractivity contribution in [1.29, 1.82) is 0 Å². The van der Waals surface area contributed by atoms with Gasteiger partial charge in [-0.25, -0.2) is 4.39 Å². The van der Waals surface area contributed by atoms with Crippen LogP contribution in [0, 0.1) is 5.82 Å². The summed E-state index contributed by atoms with van der Waals surface area (Å²) in [5.74, 6) is 0.203. The molecule has 2 N–H and O–H groups in total. The average molecular weight is 409 g/mol. The summed E-state index contributed by atoms with van der Waals surface area (Å²) in [6, 6.07) is 13.8. The molecule has 0 aliphatic carbocycles. The highest BCUT2D eigenvalue weighted by Crippen LogP contribution is 2.20. The third-order valence-corrected chi connectivity index (χ3v) is 4.48. The average Bonchev–Trinajstić information content (AvgIpc) is 3.05. The predicted octanol–water partition coefficient (Wildman–Crippen LogP) is 4.86. The van der Waals surface area contributed by atoms with E-state index in [0.717, 1.165) is 5.56 Å². The highest BCUT2D eigenvalue weighted by molar-refractivity contribution is 7.80. The maximum absolute atomic E-state index is 13.9. The number of nitrogens with zero attached hydrogens (tertiary/aromatic N) is 2. The summed E-state index contributed by atoms with van der Waals surface area (Å²) in [6.07, 6.45) is 1.73. The molecule has 2 aromatic carbocycles. The summed E-state index contributed by atoms with van der Waals surface area (Å²) >= 11 is 17.2. The molecule has 26 heavy (non-hydrogen) atoms. The molecule has 134 valence electrons. The van der Waals surface area contributed by atoms with Crippen LogP contribution in [0.5, 0.6) is 0 Å². The molecule has 0 saturated heterocycles. The molecule has 0 aliphatic heterocycles. The molecular formula is C18H15Cl2FN4S. The number of halogens is 3. The highest BCUT2D eigenvalue weighted by atomic mass is 35.5. The Balaban J connectivity index is 1.56. The largest absolute Gasteiger partial charge is 0.358 e. The molecule has 0 saturated carbocycles. The van der Waals surface area contributed by atoms with E-state index in [1.54, 1.807) is 29.1 Å². The molecule has 3 rings (SSSR count). The number of anilines is 1. The van der Waals surface area contributed by atoms with E-state index >= 15 is 0 Å². The van der Waals surface area contributed by atoms with Gasteiger partial charge in [-0.05, 0) is 42.0 Å². The number of hydrogen-bond acceptors (Lipinski definition) is 2. The Kier molecular flexibility index (Phi) is 6.08. The summed E-state index contributed by atoms with van der Waals surface area (Å²) in [5.41, 5.74) is 1.45. The molecule has 3 aromatic rings. The minimum atomic E-state index is -0.359. The summed E-state index contributed by atoms with van der Waals surface area (Å²) in [7, 11) is 0. The van der Waals surface area contributed by atoms with Crippen molar-refractivity contribution >= 4 is 46.4 Å². The van der Waals surface area contributed by atoms with E-state index in [-0.39, 0.29) is 12.4 Å². The van der Waals surface area contributed by atoms with Gasteiger partial charge in [0.15, 0.2) is 10.9 Å². The monoisotopic (exact) mass is 408 g/mol. The van der Waals surface area contributed by atoms with E-state index in [9.17, 15) is 4.39 Å². The maximum Gasteiger partial charge on any atom is 0.172 e. The van der Waals surface area contributed by atoms with Gasteiger partial charge in [0.1, 0.15) is 5.82 Å². The molecule has 1 heterocycles. The van der Waals surface area contributed by atoms with Crippen molar-refractivity contribution in [2.45, 2.75) is 13.1 Å². The van der Waals surface area contributed by atoms with Crippen LogP contribution in [0.2, 0.25) is 10.0 Å². The molecule has 0 spiro atoms. The summed E-state index contributed by atoms with van der Waals surface area (Å²) in [6.45, 7) is 0.798. The lowest BCUT2D eigenvalue weighted by atomic mass is 10.2. The minimum absolute atomic E-state index is 0.234. The van der Waals surface area contributed by atoms with E-state index in [4.69, 9.17) is 35.4 Å². The first-order chi connectivity index (χ1) is 12.5. The van der Waals surface area contributed by atoms with Gasteiger partial charge in [0.25, 0.3) is 0 Å². The molecule has 0 aliphatic rings. The fraction of sp³-hybridized carbons (Fsp3) is 0.111. The van der Waals surface area contributed by atoms with Gasteiger partial charge in [-0.3, -0.25) is 4.68 Å². The van der Waals surface area contributed by atoms with E-state index in [2.05, 4.69) is 15.7 Å². The van der Waals surface area contributed by atoms with Gasteiger partial charge in [0.05, 0.1) is 6.54 Å². The van der Waals surface area contributed by atoms with Crippen LogP contribution in [0.3, 0.4) is 0 Å². The maximum atomic E-state index is 13.9. The van der Waals surface area contributed by atoms with Crippen molar-refractivity contribution in [3.8, 4) is 0 Å². The molecule has 0 bridgehead atoms. The van der Waals surface area contributed by atoms with Gasteiger partial charge in [-0.2, -0.15) is 5.10 Å². The van der Waals surface area contributed by atoms with Crippen molar-refractivity contribution in [3.05, 3.63) is 81.7 Å². The van der Waals surface area contributed by atoms with Gasteiger partial charge in [0.2, 0.25) is 0 Å². The van der Waals surface area contributed by atoms with Crippen molar-refractivity contribution in [2.24, 2.45) is 0 Å². The molecule has 0 radical (unpaired) electrons. The van der Waals surface area contributed by atoms with Crippen LogP contribution >= 0.6 is 35.4 Å². The smallest absolute Gasteiger partial charge is 0.172 e. The minimum Gasteiger partial charge on any atom is -0.358 e. The molecule has 8 heteroatoms. The zero-order valence-electron chi connectivity index (χ0n) is 13.5. The highest BCUT2D eigenvalue weighted by Gasteiger charge is 2.09. The van der Waals surface area contributed by atoms with Crippen molar-refractivity contribution < 1.29 is 4.39 Å². The quantitative estimate of drug-likeness (QED) is 0.591. The summed E-state index contributed by atoms with van der Waals surface area (Å²) in [5, 5.41) is 11.9. The third kappa shape index (κ3) is 4.94. The number of hydrogen-bond donors (Lipinski definition) is 2. The second kappa shape index (κ2) is 8.49. The second-order valence-corrected chi connectivity index (χ2v) is 6.78. The van der Waals surface area contributed by atoms with Crippen LogP contribution in [-0.2, 0) is 13.1 Å². The van der Waals surface area contributed by atoms with Crippen LogP contribution in [0.1, 0.15) is 11.1 Å². The van der Waals surface area contributed by atoms with Crippen LogP contribution < -0.4 is 10.6 Å². The van der Waals surface area contributed by atoms with Crippen LogP contribution in [0.4, 0.5) is 10.2 Å². The first-order valence-electron chi connectivity index (χ1n) is 7.77. The lowest BCUT2D eigenvalue weighted by molar-refractivity contribution is 0.586. The lowest BCUT2D eigenvalue weighted by Gasteiger charge is -2.09. The topological polar surface area (TPSA) is 41.9 Å². The third-order valence-electron chi connectivity index (χ3n) is 3.63. The standard InChI is InChI=1S/C18H15Cl2FN4S/c19-13-6-4-12(5-7-13)10-22-18(26)23-17-8-9-25(24-17)11-14-15(20)2-1-3-16(14)21/h1-9H,10-11H2,(H2,22,23,24,26). The van der Waals surface area contributed by atoms with Crippen LogP contribution in [0.15, 0.2) is 54.7 Å². The van der Waals surface area contributed by atoms with E-state index in [1.165, 1.54) is 6.07 Å². The summed E-state index contributed by atoms with van der Waals surface area (Å²) < 4.78 is 15.5. The normalized spacial score (nSPS) is 10.6. The molecule has 0 unspecified atom stereocenters. The van der Waals surface area contributed by atoms with Crippen molar-refractivity contribution in [3.63, 3.8) is 0 Å². The predicted molar refractivity (Wildman–Crippen MR) is 107 cm³/mol. The Morgan fingerprint density at radius 3 is 2.62 bits per heavy atom. The van der Waals surface area contributed by atoms with Crippen molar-refractivity contribution in [2.75, 3.05) is 5.32 Å².